The molecule has 2 rings (SSSR count). The molecule has 0 N–H and O–H groups in total. The summed E-state index contributed by atoms with van der Waals surface area (Å²) < 4.78 is 18.5. The van der Waals surface area contributed by atoms with Crippen LogP contribution in [0.25, 0.3) is 0 Å². The van der Waals surface area contributed by atoms with E-state index in [1.165, 1.54) is 18.2 Å². The number of likely N-dealkylation sites (N-methyl/N-ethyl adjacent to an activating group) is 1. The number of halogens is 1. The van der Waals surface area contributed by atoms with Gasteiger partial charge < -0.3 is 9.64 Å². The number of amides is 1. The van der Waals surface area contributed by atoms with E-state index in [1.54, 1.807) is 19.1 Å². The molecule has 1 aliphatic rings. The molecule has 1 amide bonds. The lowest BCUT2D eigenvalue weighted by Crippen LogP contribution is -2.44. The zero-order valence-corrected chi connectivity index (χ0v) is 14.3. The minimum atomic E-state index is -0.340. The Morgan fingerprint density at radius 3 is 3.04 bits per heavy atom. The standard InChI is InChI=1S/C18H24FN3O2/c1-21(8-9-24-2)18(23)15-4-3-7-22(12-15)13-16-10-17(19)6-5-14(16)11-20/h5-6,10,15H,3-4,7-9,12-13H2,1-2H3/t15-/m0/s1. The second-order valence-electron chi connectivity index (χ2n) is 6.24. The van der Waals surface area contributed by atoms with E-state index in [0.29, 0.717) is 37.4 Å². The van der Waals surface area contributed by atoms with Crippen molar-refractivity contribution >= 4 is 5.91 Å². The zero-order chi connectivity index (χ0) is 17.5. The third-order valence-electron chi connectivity index (χ3n) is 4.44. The summed E-state index contributed by atoms with van der Waals surface area (Å²) in [6.07, 6.45) is 1.78. The third kappa shape index (κ3) is 4.76. The SMILES string of the molecule is COCCN(C)C(=O)[C@H]1CCCN(Cc2cc(F)ccc2C#N)C1. The molecule has 0 spiro atoms. The Hall–Kier alpha value is -1.97. The predicted molar refractivity (Wildman–Crippen MR) is 88.6 cm³/mol. The number of nitrogens with zero attached hydrogens (tertiary/aromatic N) is 3. The Labute approximate surface area is 142 Å². The molecule has 0 radical (unpaired) electrons. The van der Waals surface area contributed by atoms with Gasteiger partial charge in [-0.2, -0.15) is 5.26 Å². The van der Waals surface area contributed by atoms with Gasteiger partial charge in [-0.3, -0.25) is 9.69 Å². The van der Waals surface area contributed by atoms with Crippen LogP contribution in [-0.2, 0) is 16.1 Å². The fraction of sp³-hybridized carbons (Fsp3) is 0.556. The van der Waals surface area contributed by atoms with Gasteiger partial charge in [0.2, 0.25) is 5.91 Å². The molecule has 1 aromatic carbocycles. The number of ether oxygens (including phenoxy) is 1. The maximum atomic E-state index is 13.5. The van der Waals surface area contributed by atoms with Crippen molar-refractivity contribution in [2.24, 2.45) is 5.92 Å². The summed E-state index contributed by atoms with van der Waals surface area (Å²) in [5.74, 6) is -0.274. The van der Waals surface area contributed by atoms with Crippen molar-refractivity contribution in [2.45, 2.75) is 19.4 Å². The first-order valence-corrected chi connectivity index (χ1v) is 8.20. The molecular formula is C18H24FN3O2. The molecule has 1 fully saturated rings. The van der Waals surface area contributed by atoms with E-state index in [-0.39, 0.29) is 17.6 Å². The van der Waals surface area contributed by atoms with Crippen LogP contribution in [0.5, 0.6) is 0 Å². The van der Waals surface area contributed by atoms with E-state index in [2.05, 4.69) is 11.0 Å². The Kier molecular flexibility index (Phi) is 6.71. The van der Waals surface area contributed by atoms with E-state index in [0.717, 1.165) is 19.4 Å². The van der Waals surface area contributed by atoms with E-state index >= 15 is 0 Å². The highest BCUT2D eigenvalue weighted by Gasteiger charge is 2.28. The maximum Gasteiger partial charge on any atom is 0.226 e. The first-order valence-electron chi connectivity index (χ1n) is 8.20. The van der Waals surface area contributed by atoms with E-state index in [4.69, 9.17) is 4.74 Å². The van der Waals surface area contributed by atoms with Crippen LogP contribution in [0.15, 0.2) is 18.2 Å². The summed E-state index contributed by atoms with van der Waals surface area (Å²) in [6.45, 7) is 3.08. The molecule has 24 heavy (non-hydrogen) atoms. The van der Waals surface area contributed by atoms with Crippen molar-refractivity contribution in [1.82, 2.24) is 9.80 Å². The summed E-state index contributed by atoms with van der Waals surface area (Å²) in [6, 6.07) is 6.33. The number of likely N-dealkylation sites (tertiary alicyclic amines) is 1. The van der Waals surface area contributed by atoms with E-state index in [1.807, 2.05) is 0 Å². The molecule has 0 saturated carbocycles. The first kappa shape index (κ1) is 18.4. The number of carbonyl (C=O) groups excluding carboxylic acids is 1. The average molecular weight is 333 g/mol. The number of piperidine rings is 1. The van der Waals surface area contributed by atoms with Crippen molar-refractivity contribution < 1.29 is 13.9 Å². The minimum absolute atomic E-state index is 0.0558. The number of hydrogen-bond donors (Lipinski definition) is 0. The van der Waals surface area contributed by atoms with Gasteiger partial charge in [-0.05, 0) is 43.1 Å². The Morgan fingerprint density at radius 2 is 2.33 bits per heavy atom. The Balaban J connectivity index is 2.00. The minimum Gasteiger partial charge on any atom is -0.383 e. The molecule has 5 nitrogen and oxygen atoms in total. The van der Waals surface area contributed by atoms with Gasteiger partial charge in [0.25, 0.3) is 0 Å². The van der Waals surface area contributed by atoms with Gasteiger partial charge >= 0.3 is 0 Å². The predicted octanol–water partition coefficient (Wildman–Crippen LogP) is 2.01. The highest BCUT2D eigenvalue weighted by atomic mass is 19.1. The molecule has 6 heteroatoms. The number of nitriles is 1. The third-order valence-corrected chi connectivity index (χ3v) is 4.44. The summed E-state index contributed by atoms with van der Waals surface area (Å²) in [4.78, 5) is 16.4. The number of carbonyl (C=O) groups is 1. The lowest BCUT2D eigenvalue weighted by Gasteiger charge is -2.34. The quantitative estimate of drug-likeness (QED) is 0.799. The molecule has 0 unspecified atom stereocenters. The summed E-state index contributed by atoms with van der Waals surface area (Å²) >= 11 is 0. The number of hydrogen-bond acceptors (Lipinski definition) is 4. The lowest BCUT2D eigenvalue weighted by atomic mass is 9.95. The van der Waals surface area contributed by atoms with E-state index < -0.39 is 0 Å². The maximum absolute atomic E-state index is 13.5. The second-order valence-corrected chi connectivity index (χ2v) is 6.24. The Morgan fingerprint density at radius 1 is 1.54 bits per heavy atom. The smallest absolute Gasteiger partial charge is 0.226 e. The van der Waals surface area contributed by atoms with E-state index in [9.17, 15) is 14.4 Å². The molecule has 0 aliphatic carbocycles. The van der Waals surface area contributed by atoms with Crippen LogP contribution >= 0.6 is 0 Å². The number of methoxy groups -OCH3 is 1. The van der Waals surface area contributed by atoms with Gasteiger partial charge in [0.1, 0.15) is 5.82 Å². The molecule has 1 heterocycles. The fourth-order valence-corrected chi connectivity index (χ4v) is 3.09. The van der Waals surface area contributed by atoms with Crippen LogP contribution in [0.2, 0.25) is 0 Å². The van der Waals surface area contributed by atoms with Crippen LogP contribution in [0.3, 0.4) is 0 Å². The summed E-state index contributed by atoms with van der Waals surface area (Å²) in [7, 11) is 3.41. The van der Waals surface area contributed by atoms with Crippen LogP contribution in [0.1, 0.15) is 24.0 Å². The molecule has 0 bridgehead atoms. The number of rotatable bonds is 6. The van der Waals surface area contributed by atoms with Gasteiger partial charge in [0, 0.05) is 33.8 Å². The van der Waals surface area contributed by atoms with Crippen molar-refractivity contribution in [3.8, 4) is 6.07 Å². The average Bonchev–Trinajstić information content (AvgIpc) is 2.59. The van der Waals surface area contributed by atoms with Crippen LogP contribution in [0, 0.1) is 23.1 Å². The fourth-order valence-electron chi connectivity index (χ4n) is 3.09. The van der Waals surface area contributed by atoms with Crippen LogP contribution in [-0.4, -0.2) is 56.1 Å². The normalized spacial score (nSPS) is 18.2. The second kappa shape index (κ2) is 8.76. The van der Waals surface area contributed by atoms with Gasteiger partial charge in [0.05, 0.1) is 24.2 Å². The van der Waals surface area contributed by atoms with Gasteiger partial charge in [-0.15, -0.1) is 0 Å². The molecule has 1 aromatic rings. The highest BCUT2D eigenvalue weighted by Crippen LogP contribution is 2.22. The summed E-state index contributed by atoms with van der Waals surface area (Å²) in [5.41, 5.74) is 1.17. The molecular weight excluding hydrogens is 309 g/mol. The molecule has 1 atom stereocenters. The van der Waals surface area contributed by atoms with Gasteiger partial charge in [-0.25, -0.2) is 4.39 Å². The summed E-state index contributed by atoms with van der Waals surface area (Å²) in [5, 5.41) is 9.17. The topological polar surface area (TPSA) is 56.6 Å². The first-order chi connectivity index (χ1) is 11.5. The highest BCUT2D eigenvalue weighted by molar-refractivity contribution is 5.78. The largest absolute Gasteiger partial charge is 0.383 e. The van der Waals surface area contributed by atoms with Crippen molar-refractivity contribution in [3.63, 3.8) is 0 Å². The monoisotopic (exact) mass is 333 g/mol. The van der Waals surface area contributed by atoms with Crippen molar-refractivity contribution in [1.29, 1.82) is 5.26 Å². The van der Waals surface area contributed by atoms with Crippen LogP contribution < -0.4 is 0 Å². The zero-order valence-electron chi connectivity index (χ0n) is 14.3. The Bertz CT molecular complexity index is 615. The lowest BCUT2D eigenvalue weighted by molar-refractivity contribution is -0.136. The van der Waals surface area contributed by atoms with Crippen LogP contribution in [0.4, 0.5) is 4.39 Å². The molecule has 0 aromatic heterocycles. The van der Waals surface area contributed by atoms with Crippen molar-refractivity contribution in [2.75, 3.05) is 40.4 Å². The molecule has 130 valence electrons. The van der Waals surface area contributed by atoms with Crippen molar-refractivity contribution in [3.05, 3.63) is 35.1 Å². The number of benzene rings is 1. The van der Waals surface area contributed by atoms with Gasteiger partial charge in [-0.1, -0.05) is 0 Å². The molecule has 1 saturated heterocycles. The molecule has 1 aliphatic heterocycles. The van der Waals surface area contributed by atoms with Gasteiger partial charge in [0.15, 0.2) is 0 Å².